The Labute approximate surface area is 135 Å². The van der Waals surface area contributed by atoms with Gasteiger partial charge in [-0.1, -0.05) is 32.1 Å². The maximum atomic E-state index is 12.7. The molecule has 7 heteroatoms. The number of aliphatic hydroxyl groups is 1. The molecule has 0 aromatic heterocycles. The maximum Gasteiger partial charge on any atom is 0.417 e. The number of rotatable bonds is 3. The second-order valence-corrected chi connectivity index (χ2v) is 6.92. The van der Waals surface area contributed by atoms with Gasteiger partial charge >= 0.3 is 6.18 Å². The van der Waals surface area contributed by atoms with Crippen molar-refractivity contribution in [1.29, 1.82) is 0 Å². The molecule has 1 saturated carbocycles. The Morgan fingerprint density at radius 2 is 1.61 bits per heavy atom. The van der Waals surface area contributed by atoms with E-state index in [0.717, 1.165) is 25.7 Å². The van der Waals surface area contributed by atoms with Gasteiger partial charge in [0.25, 0.3) is 0 Å². The first-order valence-electron chi connectivity index (χ1n) is 8.61. The van der Waals surface area contributed by atoms with Crippen LogP contribution in [0.3, 0.4) is 0 Å². The summed E-state index contributed by atoms with van der Waals surface area (Å²) in [6, 6.07) is 0.194. The van der Waals surface area contributed by atoms with Crippen molar-refractivity contribution in [2.45, 2.75) is 75.6 Å². The third-order valence-corrected chi connectivity index (χ3v) is 5.05. The number of nitrogens with zero attached hydrogens (tertiary/aromatic N) is 1. The predicted octanol–water partition coefficient (Wildman–Crippen LogP) is 2.60. The molecule has 2 fully saturated rings. The summed E-state index contributed by atoms with van der Waals surface area (Å²) in [6.07, 6.45) is 2.54. The number of amides is 1. The smallest absolute Gasteiger partial charge is 0.380 e. The van der Waals surface area contributed by atoms with Crippen molar-refractivity contribution in [2.75, 3.05) is 19.6 Å². The van der Waals surface area contributed by atoms with Crippen LogP contribution < -0.4 is 5.32 Å². The van der Waals surface area contributed by atoms with Gasteiger partial charge in [0, 0.05) is 19.1 Å². The lowest BCUT2D eigenvalue weighted by Gasteiger charge is -2.38. The average molecular weight is 336 g/mol. The number of likely N-dealkylation sites (tertiary alicyclic amines) is 1. The SMILES string of the molecule is O=C(CN1CCC(O)(C(F)(F)F)CC1)NC1CCCCCCC1. The largest absolute Gasteiger partial charge is 0.417 e. The maximum absolute atomic E-state index is 12.7. The van der Waals surface area contributed by atoms with E-state index in [1.165, 1.54) is 19.3 Å². The van der Waals surface area contributed by atoms with Gasteiger partial charge < -0.3 is 10.4 Å². The Kier molecular flexibility index (Phi) is 6.31. The van der Waals surface area contributed by atoms with Crippen molar-refractivity contribution in [1.82, 2.24) is 10.2 Å². The number of carbonyl (C=O) groups excluding carboxylic acids is 1. The molecule has 1 aliphatic carbocycles. The Morgan fingerprint density at radius 1 is 1.09 bits per heavy atom. The van der Waals surface area contributed by atoms with Crippen LogP contribution in [0.15, 0.2) is 0 Å². The molecule has 1 aliphatic heterocycles. The van der Waals surface area contributed by atoms with Crippen molar-refractivity contribution in [3.63, 3.8) is 0 Å². The third kappa shape index (κ3) is 5.35. The average Bonchev–Trinajstić information content (AvgIpc) is 2.43. The van der Waals surface area contributed by atoms with E-state index in [-0.39, 0.29) is 44.4 Å². The number of nitrogens with one attached hydrogen (secondary N) is 1. The number of hydrogen-bond donors (Lipinski definition) is 2. The van der Waals surface area contributed by atoms with E-state index >= 15 is 0 Å². The highest BCUT2D eigenvalue weighted by molar-refractivity contribution is 5.78. The zero-order valence-electron chi connectivity index (χ0n) is 13.5. The second kappa shape index (κ2) is 7.83. The molecule has 1 saturated heterocycles. The minimum Gasteiger partial charge on any atom is -0.380 e. The summed E-state index contributed by atoms with van der Waals surface area (Å²) in [6.45, 7) is 0.298. The Hall–Kier alpha value is -0.820. The summed E-state index contributed by atoms with van der Waals surface area (Å²) in [5.74, 6) is -0.118. The van der Waals surface area contributed by atoms with Gasteiger partial charge in [0.05, 0.1) is 6.54 Å². The minimum absolute atomic E-state index is 0.0914. The Morgan fingerprint density at radius 3 is 2.13 bits per heavy atom. The quantitative estimate of drug-likeness (QED) is 0.833. The Bertz CT molecular complexity index is 385. The van der Waals surface area contributed by atoms with E-state index in [2.05, 4.69) is 5.32 Å². The fraction of sp³-hybridized carbons (Fsp3) is 0.938. The van der Waals surface area contributed by atoms with Crippen molar-refractivity contribution in [3.8, 4) is 0 Å². The van der Waals surface area contributed by atoms with Crippen molar-refractivity contribution < 1.29 is 23.1 Å². The van der Waals surface area contributed by atoms with E-state index in [0.29, 0.717) is 0 Å². The summed E-state index contributed by atoms with van der Waals surface area (Å²) in [5.41, 5.74) is -2.60. The highest BCUT2D eigenvalue weighted by Crippen LogP contribution is 2.38. The lowest BCUT2D eigenvalue weighted by Crippen LogP contribution is -2.54. The number of hydrogen-bond acceptors (Lipinski definition) is 3. The molecule has 23 heavy (non-hydrogen) atoms. The summed E-state index contributed by atoms with van der Waals surface area (Å²) in [7, 11) is 0. The number of alkyl halides is 3. The lowest BCUT2D eigenvalue weighted by molar-refractivity contribution is -0.272. The molecule has 134 valence electrons. The first-order chi connectivity index (χ1) is 10.8. The first kappa shape index (κ1) is 18.5. The molecule has 0 spiro atoms. The molecule has 4 nitrogen and oxygen atoms in total. The molecule has 0 radical (unpaired) electrons. The summed E-state index contributed by atoms with van der Waals surface area (Å²) in [4.78, 5) is 13.8. The summed E-state index contributed by atoms with van der Waals surface area (Å²) < 4.78 is 38.2. The fourth-order valence-corrected chi connectivity index (χ4v) is 3.44. The monoisotopic (exact) mass is 336 g/mol. The van der Waals surface area contributed by atoms with E-state index in [9.17, 15) is 23.1 Å². The second-order valence-electron chi connectivity index (χ2n) is 6.92. The van der Waals surface area contributed by atoms with Gasteiger partial charge in [0.15, 0.2) is 5.60 Å². The molecule has 1 heterocycles. The van der Waals surface area contributed by atoms with Crippen LogP contribution in [0, 0.1) is 0 Å². The highest BCUT2D eigenvalue weighted by atomic mass is 19.4. The summed E-state index contributed by atoms with van der Waals surface area (Å²) in [5, 5.41) is 12.6. The lowest BCUT2D eigenvalue weighted by atomic mass is 9.91. The highest BCUT2D eigenvalue weighted by Gasteiger charge is 2.54. The topological polar surface area (TPSA) is 52.6 Å². The van der Waals surface area contributed by atoms with Crippen LogP contribution in [-0.4, -0.2) is 53.4 Å². The van der Waals surface area contributed by atoms with Crippen LogP contribution in [0.1, 0.15) is 57.8 Å². The minimum atomic E-state index is -4.60. The van der Waals surface area contributed by atoms with E-state index in [1.54, 1.807) is 4.90 Å². The molecule has 0 aromatic carbocycles. The standard InChI is InChI=1S/C16H27F3N2O2/c17-16(18,19)15(23)8-10-21(11-9-15)12-14(22)20-13-6-4-2-1-3-5-7-13/h13,23H,1-12H2,(H,20,22). The predicted molar refractivity (Wildman–Crippen MR) is 80.9 cm³/mol. The van der Waals surface area contributed by atoms with Crippen LogP contribution in [-0.2, 0) is 4.79 Å². The van der Waals surface area contributed by atoms with Crippen molar-refractivity contribution >= 4 is 5.91 Å². The zero-order valence-corrected chi connectivity index (χ0v) is 13.5. The van der Waals surface area contributed by atoms with Gasteiger partial charge in [-0.05, 0) is 25.7 Å². The number of halogens is 3. The first-order valence-corrected chi connectivity index (χ1v) is 8.61. The van der Waals surface area contributed by atoms with E-state index in [1.807, 2.05) is 0 Å². The molecule has 0 atom stereocenters. The molecule has 0 aromatic rings. The van der Waals surface area contributed by atoms with Gasteiger partial charge in [-0.3, -0.25) is 9.69 Å². The molecular weight excluding hydrogens is 309 g/mol. The van der Waals surface area contributed by atoms with Gasteiger partial charge in [-0.15, -0.1) is 0 Å². The van der Waals surface area contributed by atoms with Gasteiger partial charge in [-0.2, -0.15) is 13.2 Å². The van der Waals surface area contributed by atoms with Crippen molar-refractivity contribution in [2.24, 2.45) is 0 Å². The molecule has 0 bridgehead atoms. The van der Waals surface area contributed by atoms with Crippen molar-refractivity contribution in [3.05, 3.63) is 0 Å². The van der Waals surface area contributed by atoms with Crippen LogP contribution in [0.4, 0.5) is 13.2 Å². The molecular formula is C16H27F3N2O2. The van der Waals surface area contributed by atoms with E-state index in [4.69, 9.17) is 0 Å². The molecule has 1 amide bonds. The molecule has 2 aliphatic rings. The normalized spacial score (nSPS) is 24.7. The van der Waals surface area contributed by atoms with Gasteiger partial charge in [0.2, 0.25) is 5.91 Å². The Balaban J connectivity index is 1.74. The number of carbonyl (C=O) groups is 1. The van der Waals surface area contributed by atoms with Gasteiger partial charge in [0.1, 0.15) is 0 Å². The van der Waals surface area contributed by atoms with Crippen LogP contribution in [0.25, 0.3) is 0 Å². The zero-order chi connectivity index (χ0) is 16.9. The van der Waals surface area contributed by atoms with Crippen LogP contribution in [0.2, 0.25) is 0 Å². The fourth-order valence-electron chi connectivity index (χ4n) is 3.44. The molecule has 2 N–H and O–H groups in total. The number of piperidine rings is 1. The van der Waals surface area contributed by atoms with Gasteiger partial charge in [-0.25, -0.2) is 0 Å². The van der Waals surface area contributed by atoms with E-state index < -0.39 is 11.8 Å². The molecule has 2 rings (SSSR count). The van der Waals surface area contributed by atoms with Crippen LogP contribution >= 0.6 is 0 Å². The summed E-state index contributed by atoms with van der Waals surface area (Å²) >= 11 is 0. The third-order valence-electron chi connectivity index (χ3n) is 5.05. The molecule has 0 unspecified atom stereocenters. The van der Waals surface area contributed by atoms with Crippen LogP contribution in [0.5, 0.6) is 0 Å².